The van der Waals surface area contributed by atoms with Crippen LogP contribution in [-0.2, 0) is 0 Å². The van der Waals surface area contributed by atoms with Gasteiger partial charge in [-0.25, -0.2) is 13.2 Å². The fraction of sp³-hybridized carbons (Fsp3) is 0.619. The standard InChI is InChI=1S/C21H25F5.F2/c1-12-2-4-14(5-3-12)19(21(25)26)15-8-6-13(7-9-15)16-10-17(22)20(24)18(23)11-16;1-2/h10-15H,2-9H2,1H3;. The fourth-order valence-electron chi connectivity index (χ4n) is 4.76. The molecule has 2 saturated carbocycles. The molecule has 0 bridgehead atoms. The molecule has 0 amide bonds. The summed E-state index contributed by atoms with van der Waals surface area (Å²) in [6.07, 6.45) is 4.45. The molecule has 3 rings (SSSR count). The average molecular weight is 410 g/mol. The second-order valence-corrected chi connectivity index (χ2v) is 8.02. The van der Waals surface area contributed by atoms with E-state index in [-0.39, 0.29) is 17.8 Å². The molecule has 0 spiro atoms. The zero-order chi connectivity index (χ0) is 20.8. The van der Waals surface area contributed by atoms with Crippen molar-refractivity contribution in [3.8, 4) is 0 Å². The summed E-state index contributed by atoms with van der Waals surface area (Å²) < 4.78 is 83.4. The minimum Gasteiger partial charge on any atom is -0.204 e. The van der Waals surface area contributed by atoms with Crippen LogP contribution in [0.2, 0.25) is 0 Å². The molecule has 0 aromatic heterocycles. The summed E-state index contributed by atoms with van der Waals surface area (Å²) in [5, 5.41) is 0. The molecule has 0 heterocycles. The molecule has 0 nitrogen and oxygen atoms in total. The fourth-order valence-corrected chi connectivity index (χ4v) is 4.76. The molecule has 2 aliphatic carbocycles. The zero-order valence-electron chi connectivity index (χ0n) is 15.8. The lowest BCUT2D eigenvalue weighted by molar-refractivity contribution is 0.108. The molecular weight excluding hydrogens is 385 g/mol. The lowest BCUT2D eigenvalue weighted by atomic mass is 9.70. The van der Waals surface area contributed by atoms with Crippen LogP contribution in [-0.4, -0.2) is 0 Å². The maximum Gasteiger partial charge on any atom is 0.270 e. The first kappa shape index (κ1) is 22.8. The van der Waals surface area contributed by atoms with Crippen molar-refractivity contribution in [3.63, 3.8) is 0 Å². The van der Waals surface area contributed by atoms with Gasteiger partial charge < -0.3 is 0 Å². The third-order valence-corrected chi connectivity index (χ3v) is 6.32. The number of rotatable bonds is 3. The van der Waals surface area contributed by atoms with E-state index >= 15 is 0 Å². The van der Waals surface area contributed by atoms with E-state index in [9.17, 15) is 22.0 Å². The predicted molar refractivity (Wildman–Crippen MR) is 93.6 cm³/mol. The van der Waals surface area contributed by atoms with Gasteiger partial charge in [-0.05, 0) is 79.9 Å². The Morgan fingerprint density at radius 3 is 1.61 bits per heavy atom. The Morgan fingerprint density at radius 1 is 0.750 bits per heavy atom. The maximum atomic E-state index is 13.7. The summed E-state index contributed by atoms with van der Waals surface area (Å²) in [6.45, 7) is 2.16. The summed E-state index contributed by atoms with van der Waals surface area (Å²) in [5.74, 6) is -3.51. The third kappa shape index (κ3) is 5.29. The molecule has 0 N–H and O–H groups in total. The highest BCUT2D eigenvalue weighted by atomic mass is 20.0. The predicted octanol–water partition coefficient (Wildman–Crippen LogP) is 8.20. The molecule has 2 fully saturated rings. The largest absolute Gasteiger partial charge is 0.270 e. The highest BCUT2D eigenvalue weighted by Gasteiger charge is 2.33. The van der Waals surface area contributed by atoms with E-state index in [1.165, 1.54) is 0 Å². The van der Waals surface area contributed by atoms with Crippen molar-refractivity contribution >= 4 is 0 Å². The van der Waals surface area contributed by atoms with E-state index in [2.05, 4.69) is 6.92 Å². The first-order valence-corrected chi connectivity index (χ1v) is 9.70. The molecule has 0 radical (unpaired) electrons. The van der Waals surface area contributed by atoms with Crippen molar-refractivity contribution in [2.24, 2.45) is 17.8 Å². The smallest absolute Gasteiger partial charge is 0.204 e. The Kier molecular flexibility index (Phi) is 8.38. The normalized spacial score (nSPS) is 27.6. The zero-order valence-corrected chi connectivity index (χ0v) is 15.8. The highest BCUT2D eigenvalue weighted by molar-refractivity contribution is 5.24. The van der Waals surface area contributed by atoms with E-state index in [1.54, 1.807) is 0 Å². The van der Waals surface area contributed by atoms with Crippen molar-refractivity contribution in [2.45, 2.75) is 64.2 Å². The molecule has 1 aromatic carbocycles. The van der Waals surface area contributed by atoms with Gasteiger partial charge in [0.15, 0.2) is 17.5 Å². The summed E-state index contributed by atoms with van der Waals surface area (Å²) in [7, 11) is 0. The van der Waals surface area contributed by atoms with E-state index in [4.69, 9.17) is 9.15 Å². The Labute approximate surface area is 160 Å². The van der Waals surface area contributed by atoms with E-state index in [0.29, 0.717) is 42.7 Å². The van der Waals surface area contributed by atoms with Gasteiger partial charge in [0.1, 0.15) is 0 Å². The molecule has 0 saturated heterocycles. The van der Waals surface area contributed by atoms with Crippen molar-refractivity contribution in [1.29, 1.82) is 0 Å². The summed E-state index contributed by atoms with van der Waals surface area (Å²) in [6, 6.07) is 2.08. The van der Waals surface area contributed by atoms with Crippen LogP contribution in [0.15, 0.2) is 23.8 Å². The molecule has 0 unspecified atom stereocenters. The number of hydrogen-bond acceptors (Lipinski definition) is 0. The lowest BCUT2D eigenvalue weighted by Crippen LogP contribution is -2.23. The molecule has 1 aromatic rings. The van der Waals surface area contributed by atoms with Crippen LogP contribution in [0.4, 0.5) is 31.1 Å². The average Bonchev–Trinajstić information content (AvgIpc) is 2.69. The topological polar surface area (TPSA) is 0 Å². The molecule has 28 heavy (non-hydrogen) atoms. The maximum absolute atomic E-state index is 13.7. The SMILES string of the molecule is CC1CCC(C(=C(F)F)C2CCC(c3cc(F)c(F)c(F)c3)CC2)CC1.FF. The van der Waals surface area contributed by atoms with E-state index in [1.807, 2.05) is 0 Å². The van der Waals surface area contributed by atoms with Gasteiger partial charge in [0.05, 0.1) is 0 Å². The van der Waals surface area contributed by atoms with Crippen LogP contribution in [0.25, 0.3) is 0 Å². The van der Waals surface area contributed by atoms with Crippen molar-refractivity contribution in [1.82, 2.24) is 0 Å². The summed E-state index contributed by atoms with van der Waals surface area (Å²) in [4.78, 5) is 0. The first-order chi connectivity index (χ1) is 13.4. The van der Waals surface area contributed by atoms with Crippen LogP contribution in [0.1, 0.15) is 69.8 Å². The van der Waals surface area contributed by atoms with Crippen molar-refractivity contribution in [2.75, 3.05) is 0 Å². The Balaban J connectivity index is 0.00000136. The number of hydrogen-bond donors (Lipinski definition) is 0. The Hall–Kier alpha value is -1.53. The lowest BCUT2D eigenvalue weighted by Gasteiger charge is -2.35. The third-order valence-electron chi connectivity index (χ3n) is 6.32. The Morgan fingerprint density at radius 2 is 1.18 bits per heavy atom. The minimum atomic E-state index is -1.54. The van der Waals surface area contributed by atoms with Gasteiger partial charge in [-0.1, -0.05) is 19.8 Å². The molecule has 0 aliphatic heterocycles. The second-order valence-electron chi connectivity index (χ2n) is 8.02. The van der Waals surface area contributed by atoms with Crippen LogP contribution < -0.4 is 0 Å². The van der Waals surface area contributed by atoms with Gasteiger partial charge in [0, 0.05) is 14.7 Å². The summed E-state index contributed by atoms with van der Waals surface area (Å²) >= 11 is 0. The van der Waals surface area contributed by atoms with Crippen molar-refractivity contribution < 1.29 is 31.1 Å². The second kappa shape index (κ2) is 10.3. The monoisotopic (exact) mass is 410 g/mol. The first-order valence-electron chi connectivity index (χ1n) is 9.70. The van der Waals surface area contributed by atoms with Gasteiger partial charge in [0.25, 0.3) is 6.08 Å². The minimum absolute atomic E-state index is 0.0292. The Bertz CT molecular complexity index is 642. The number of halogens is 7. The van der Waals surface area contributed by atoms with Crippen LogP contribution >= 0.6 is 0 Å². The molecule has 0 atom stereocenters. The molecule has 158 valence electrons. The number of benzene rings is 1. The van der Waals surface area contributed by atoms with Gasteiger partial charge in [-0.15, -0.1) is 0 Å². The highest BCUT2D eigenvalue weighted by Crippen LogP contribution is 2.45. The molecular formula is C21H25F7. The van der Waals surface area contributed by atoms with Crippen LogP contribution in [0, 0.1) is 35.2 Å². The quantitative estimate of drug-likeness (QED) is 0.348. The van der Waals surface area contributed by atoms with E-state index in [0.717, 1.165) is 37.8 Å². The molecule has 7 heteroatoms. The van der Waals surface area contributed by atoms with Gasteiger partial charge >= 0.3 is 0 Å². The van der Waals surface area contributed by atoms with E-state index < -0.39 is 23.5 Å². The van der Waals surface area contributed by atoms with Crippen LogP contribution in [0.3, 0.4) is 0 Å². The number of allylic oxidation sites excluding steroid dienone is 1. The van der Waals surface area contributed by atoms with Gasteiger partial charge in [-0.3, -0.25) is 0 Å². The summed E-state index contributed by atoms with van der Waals surface area (Å²) in [5.41, 5.74) is 0.754. The van der Waals surface area contributed by atoms with Gasteiger partial charge in [0.2, 0.25) is 0 Å². The van der Waals surface area contributed by atoms with Crippen LogP contribution in [0.5, 0.6) is 0 Å². The van der Waals surface area contributed by atoms with Crippen molar-refractivity contribution in [3.05, 3.63) is 46.8 Å². The van der Waals surface area contributed by atoms with Gasteiger partial charge in [-0.2, -0.15) is 8.78 Å². The molecule has 2 aliphatic rings.